The van der Waals surface area contributed by atoms with Crippen molar-refractivity contribution in [3.8, 4) is 5.75 Å². The van der Waals surface area contributed by atoms with Crippen LogP contribution in [0.2, 0.25) is 0 Å². The van der Waals surface area contributed by atoms with Crippen LogP contribution in [-0.2, 0) is 4.74 Å². The van der Waals surface area contributed by atoms with Crippen LogP contribution in [-0.4, -0.2) is 42.1 Å². The molecule has 0 bridgehead atoms. The minimum absolute atomic E-state index is 0. The monoisotopic (exact) mass is 365 g/mol. The summed E-state index contributed by atoms with van der Waals surface area (Å²) in [6.45, 7) is 5.05. The van der Waals surface area contributed by atoms with E-state index in [4.69, 9.17) is 9.47 Å². The molecule has 25 heavy (non-hydrogen) atoms. The van der Waals surface area contributed by atoms with E-state index in [9.17, 15) is 0 Å². The molecule has 2 aromatic rings. The van der Waals surface area contributed by atoms with Crippen molar-refractivity contribution in [2.24, 2.45) is 5.92 Å². The second kappa shape index (κ2) is 8.39. The number of hydrogen-bond acceptors (Lipinski definition) is 4. The summed E-state index contributed by atoms with van der Waals surface area (Å²) in [5.41, 5.74) is 2.25. The summed E-state index contributed by atoms with van der Waals surface area (Å²) < 4.78 is 11.8. The molecule has 1 aromatic heterocycles. The van der Waals surface area contributed by atoms with E-state index < -0.39 is 0 Å². The average molecular weight is 366 g/mol. The van der Waals surface area contributed by atoms with E-state index in [0.29, 0.717) is 18.1 Å². The van der Waals surface area contributed by atoms with Crippen LogP contribution in [0.1, 0.15) is 37.7 Å². The first-order valence-corrected chi connectivity index (χ1v) is 9.20. The minimum atomic E-state index is 0. The standard InChI is InChI=1S/C19H27N3O2.ClH/c1-13-17-11-21-22-18(17)5-6-19(13)24-16-4-2-3-15(9-16)20-10-14-7-8-23-12-14;/h5-6,11,14-16,20H,2-4,7-10,12H2,1H3,(H,21,22);1H/t14?,15-,16+;/m0./s1. The SMILES string of the molecule is Cc1c(O[C@@H]2CCC[C@H](NCC3CCOC3)C2)ccc2[nH]ncc12.Cl. The fourth-order valence-electron chi connectivity index (χ4n) is 3.96. The fraction of sp³-hybridized carbons (Fsp3) is 0.632. The summed E-state index contributed by atoms with van der Waals surface area (Å²) >= 11 is 0. The summed E-state index contributed by atoms with van der Waals surface area (Å²) in [6, 6.07) is 4.70. The summed E-state index contributed by atoms with van der Waals surface area (Å²) in [5, 5.41) is 12.0. The van der Waals surface area contributed by atoms with Crippen LogP contribution in [0.4, 0.5) is 0 Å². The lowest BCUT2D eigenvalue weighted by Crippen LogP contribution is -2.40. The molecule has 6 heteroatoms. The Morgan fingerprint density at radius 1 is 1.32 bits per heavy atom. The van der Waals surface area contributed by atoms with E-state index in [2.05, 4.69) is 34.6 Å². The fourth-order valence-corrected chi connectivity index (χ4v) is 3.96. The van der Waals surface area contributed by atoms with E-state index in [1.165, 1.54) is 24.8 Å². The maximum atomic E-state index is 6.36. The van der Waals surface area contributed by atoms with Gasteiger partial charge in [-0.05, 0) is 57.1 Å². The number of hydrogen-bond donors (Lipinski definition) is 2. The molecular weight excluding hydrogens is 338 g/mol. The second-order valence-electron chi connectivity index (χ2n) is 7.26. The van der Waals surface area contributed by atoms with Gasteiger partial charge in [-0.3, -0.25) is 5.10 Å². The van der Waals surface area contributed by atoms with Crippen LogP contribution in [0.5, 0.6) is 5.75 Å². The normalized spacial score (nSPS) is 26.5. The molecule has 0 amide bonds. The number of nitrogens with one attached hydrogen (secondary N) is 2. The highest BCUT2D eigenvalue weighted by Crippen LogP contribution is 2.30. The number of H-pyrrole nitrogens is 1. The van der Waals surface area contributed by atoms with Crippen molar-refractivity contribution >= 4 is 23.3 Å². The molecule has 1 saturated carbocycles. The molecule has 4 rings (SSSR count). The predicted octanol–water partition coefficient (Wildman–Crippen LogP) is 3.61. The lowest BCUT2D eigenvalue weighted by Gasteiger charge is -2.31. The van der Waals surface area contributed by atoms with Crippen molar-refractivity contribution in [2.45, 2.75) is 51.2 Å². The Morgan fingerprint density at radius 2 is 2.24 bits per heavy atom. The highest BCUT2D eigenvalue weighted by atomic mass is 35.5. The van der Waals surface area contributed by atoms with Gasteiger partial charge in [-0.1, -0.05) is 0 Å². The smallest absolute Gasteiger partial charge is 0.123 e. The minimum Gasteiger partial charge on any atom is -0.490 e. The Balaban J connectivity index is 0.00000182. The zero-order valence-corrected chi connectivity index (χ0v) is 15.6. The van der Waals surface area contributed by atoms with Crippen molar-refractivity contribution in [1.29, 1.82) is 0 Å². The number of ether oxygens (including phenoxy) is 2. The van der Waals surface area contributed by atoms with Crippen molar-refractivity contribution in [3.05, 3.63) is 23.9 Å². The van der Waals surface area contributed by atoms with Crippen molar-refractivity contribution in [1.82, 2.24) is 15.5 Å². The third-order valence-electron chi connectivity index (χ3n) is 5.48. The van der Waals surface area contributed by atoms with Crippen LogP contribution in [0.15, 0.2) is 18.3 Å². The van der Waals surface area contributed by atoms with Gasteiger partial charge in [0.1, 0.15) is 11.9 Å². The number of rotatable bonds is 5. The quantitative estimate of drug-likeness (QED) is 0.849. The van der Waals surface area contributed by atoms with Gasteiger partial charge in [-0.25, -0.2) is 0 Å². The van der Waals surface area contributed by atoms with Gasteiger partial charge in [-0.2, -0.15) is 5.10 Å². The van der Waals surface area contributed by atoms with Crippen LogP contribution in [0.3, 0.4) is 0 Å². The van der Waals surface area contributed by atoms with Crippen molar-refractivity contribution < 1.29 is 9.47 Å². The molecule has 1 aromatic carbocycles. The van der Waals surface area contributed by atoms with Crippen molar-refractivity contribution in [2.75, 3.05) is 19.8 Å². The van der Waals surface area contributed by atoms with Gasteiger partial charge in [-0.15, -0.1) is 12.4 Å². The number of halogens is 1. The summed E-state index contributed by atoms with van der Waals surface area (Å²) in [7, 11) is 0. The van der Waals surface area contributed by atoms with Gasteiger partial charge in [0.2, 0.25) is 0 Å². The molecule has 1 aliphatic carbocycles. The molecule has 2 fully saturated rings. The van der Waals surface area contributed by atoms with Gasteiger partial charge >= 0.3 is 0 Å². The molecule has 2 aliphatic rings. The van der Waals surface area contributed by atoms with E-state index in [-0.39, 0.29) is 12.4 Å². The summed E-state index contributed by atoms with van der Waals surface area (Å²) in [4.78, 5) is 0. The first kappa shape index (κ1) is 18.5. The van der Waals surface area contributed by atoms with Crippen molar-refractivity contribution in [3.63, 3.8) is 0 Å². The van der Waals surface area contributed by atoms with Crippen LogP contribution < -0.4 is 10.1 Å². The van der Waals surface area contributed by atoms with E-state index in [0.717, 1.165) is 49.3 Å². The zero-order chi connectivity index (χ0) is 16.4. The highest BCUT2D eigenvalue weighted by molar-refractivity contribution is 5.85. The molecule has 2 heterocycles. The number of aryl methyl sites for hydroxylation is 1. The van der Waals surface area contributed by atoms with Crippen LogP contribution >= 0.6 is 12.4 Å². The molecular formula is C19H28ClN3O2. The Hall–Kier alpha value is -1.30. The number of aromatic nitrogens is 2. The van der Waals surface area contributed by atoms with Crippen LogP contribution in [0, 0.1) is 12.8 Å². The van der Waals surface area contributed by atoms with Gasteiger partial charge in [0, 0.05) is 30.1 Å². The van der Waals surface area contributed by atoms with E-state index in [1.807, 2.05) is 6.20 Å². The van der Waals surface area contributed by atoms with Gasteiger partial charge in [0.15, 0.2) is 0 Å². The molecule has 3 atom stereocenters. The second-order valence-corrected chi connectivity index (χ2v) is 7.26. The molecule has 0 spiro atoms. The third kappa shape index (κ3) is 4.27. The molecule has 1 aliphatic heterocycles. The maximum absolute atomic E-state index is 6.36. The topological polar surface area (TPSA) is 59.2 Å². The number of fused-ring (bicyclic) bond motifs is 1. The molecule has 0 radical (unpaired) electrons. The van der Waals surface area contributed by atoms with Gasteiger partial charge in [0.25, 0.3) is 0 Å². The first-order chi connectivity index (χ1) is 11.8. The van der Waals surface area contributed by atoms with E-state index in [1.54, 1.807) is 0 Å². The Labute approximate surface area is 155 Å². The lowest BCUT2D eigenvalue weighted by atomic mass is 9.92. The Bertz CT molecular complexity index is 684. The molecule has 1 saturated heterocycles. The zero-order valence-electron chi connectivity index (χ0n) is 14.8. The number of nitrogens with zero attached hydrogens (tertiary/aromatic N) is 1. The first-order valence-electron chi connectivity index (χ1n) is 9.20. The Kier molecular flexibility index (Phi) is 6.20. The third-order valence-corrected chi connectivity index (χ3v) is 5.48. The van der Waals surface area contributed by atoms with Gasteiger partial charge in [0.05, 0.1) is 18.3 Å². The van der Waals surface area contributed by atoms with Crippen LogP contribution in [0.25, 0.3) is 10.9 Å². The lowest BCUT2D eigenvalue weighted by molar-refractivity contribution is 0.131. The summed E-state index contributed by atoms with van der Waals surface area (Å²) in [5.74, 6) is 1.69. The van der Waals surface area contributed by atoms with E-state index >= 15 is 0 Å². The molecule has 138 valence electrons. The summed E-state index contributed by atoms with van der Waals surface area (Å²) in [6.07, 6.45) is 8.11. The molecule has 2 N–H and O–H groups in total. The largest absolute Gasteiger partial charge is 0.490 e. The number of benzene rings is 1. The predicted molar refractivity (Wildman–Crippen MR) is 102 cm³/mol. The highest BCUT2D eigenvalue weighted by Gasteiger charge is 2.25. The molecule has 5 nitrogen and oxygen atoms in total. The van der Waals surface area contributed by atoms with Gasteiger partial charge < -0.3 is 14.8 Å². The Morgan fingerprint density at radius 3 is 3.08 bits per heavy atom. The number of aromatic amines is 1. The maximum Gasteiger partial charge on any atom is 0.123 e. The molecule has 1 unspecified atom stereocenters. The average Bonchev–Trinajstić information content (AvgIpc) is 3.27.